The number of rotatable bonds is 4. The Morgan fingerprint density at radius 2 is 2.22 bits per heavy atom. The van der Waals surface area contributed by atoms with E-state index in [1.165, 1.54) is 0 Å². The average molecular weight is 249 g/mol. The Balaban J connectivity index is 2.23. The number of hydrogen-bond donors (Lipinski definition) is 1. The predicted molar refractivity (Wildman–Crippen MR) is 69.2 cm³/mol. The molecule has 1 aromatic rings. The number of carbonyl (C=O) groups excluding carboxylic acids is 1. The Hall–Kier alpha value is -1.39. The number of Topliss-reactive ketones (excluding diaryl/α,β-unsaturated/α-hetero) is 1. The lowest BCUT2D eigenvalue weighted by atomic mass is 9.91. The Morgan fingerprint density at radius 1 is 1.44 bits per heavy atom. The van der Waals surface area contributed by atoms with Gasteiger partial charge >= 0.3 is 0 Å². The second kappa shape index (κ2) is 5.50. The number of benzene rings is 1. The predicted octanol–water partition coefficient (Wildman–Crippen LogP) is 1.42. The molecule has 1 N–H and O–H groups in total. The largest absolute Gasteiger partial charge is 0.497 e. The van der Waals surface area contributed by atoms with E-state index in [2.05, 4.69) is 5.32 Å². The Labute approximate surface area is 107 Å². The molecule has 0 aliphatic carbocycles. The van der Waals surface area contributed by atoms with Crippen molar-refractivity contribution >= 4 is 5.78 Å². The molecule has 4 heteroatoms. The number of likely N-dealkylation sites (N-methyl/N-ethyl adjacent to an activating group) is 1. The maximum absolute atomic E-state index is 12.5. The molecule has 0 saturated carbocycles. The van der Waals surface area contributed by atoms with E-state index in [0.717, 1.165) is 16.9 Å². The zero-order valence-electron chi connectivity index (χ0n) is 11.0. The third-order valence-corrected chi connectivity index (χ3v) is 3.49. The van der Waals surface area contributed by atoms with Crippen molar-refractivity contribution in [2.24, 2.45) is 5.92 Å². The summed E-state index contributed by atoms with van der Waals surface area (Å²) in [6.07, 6.45) is 0. The first kappa shape index (κ1) is 13.1. The maximum atomic E-state index is 12.5. The van der Waals surface area contributed by atoms with E-state index in [1.807, 2.05) is 32.2 Å². The molecule has 2 unspecified atom stereocenters. The number of nitrogens with one attached hydrogen (secondary N) is 1. The molecule has 1 saturated heterocycles. The molecule has 1 aromatic carbocycles. The van der Waals surface area contributed by atoms with E-state index in [9.17, 15) is 4.79 Å². The third kappa shape index (κ3) is 2.40. The zero-order valence-corrected chi connectivity index (χ0v) is 11.0. The van der Waals surface area contributed by atoms with Crippen LogP contribution in [0, 0.1) is 12.8 Å². The van der Waals surface area contributed by atoms with Crippen LogP contribution < -0.4 is 10.1 Å². The summed E-state index contributed by atoms with van der Waals surface area (Å²) < 4.78 is 10.5. The van der Waals surface area contributed by atoms with Crippen LogP contribution in [0.2, 0.25) is 0 Å². The van der Waals surface area contributed by atoms with E-state index in [1.54, 1.807) is 7.11 Å². The molecule has 2 rings (SSSR count). The van der Waals surface area contributed by atoms with Gasteiger partial charge in [-0.3, -0.25) is 4.79 Å². The van der Waals surface area contributed by atoms with Crippen molar-refractivity contribution in [2.75, 3.05) is 27.4 Å². The summed E-state index contributed by atoms with van der Waals surface area (Å²) in [5, 5.41) is 3.14. The summed E-state index contributed by atoms with van der Waals surface area (Å²) >= 11 is 0. The van der Waals surface area contributed by atoms with E-state index < -0.39 is 0 Å². The fourth-order valence-corrected chi connectivity index (χ4v) is 2.34. The molecule has 1 aliphatic heterocycles. The molecule has 0 spiro atoms. The molecule has 0 bridgehead atoms. The van der Waals surface area contributed by atoms with Crippen LogP contribution in [0.5, 0.6) is 5.75 Å². The van der Waals surface area contributed by atoms with Crippen LogP contribution >= 0.6 is 0 Å². The third-order valence-electron chi connectivity index (χ3n) is 3.49. The molecule has 4 nitrogen and oxygen atoms in total. The lowest BCUT2D eigenvalue weighted by Crippen LogP contribution is -2.37. The minimum absolute atomic E-state index is 0.0953. The highest BCUT2D eigenvalue weighted by Crippen LogP contribution is 2.23. The minimum atomic E-state index is -0.0953. The Bertz CT molecular complexity index is 445. The van der Waals surface area contributed by atoms with Gasteiger partial charge < -0.3 is 14.8 Å². The standard InChI is InChI=1S/C14H19NO3/c1-9-6-10(17-3)4-5-11(9)14(16)12-7-18-8-13(12)15-2/h4-6,12-13,15H,7-8H2,1-3H3. The quantitative estimate of drug-likeness (QED) is 0.820. The lowest BCUT2D eigenvalue weighted by Gasteiger charge is -2.17. The van der Waals surface area contributed by atoms with E-state index in [-0.39, 0.29) is 17.7 Å². The van der Waals surface area contributed by atoms with Gasteiger partial charge in [-0.05, 0) is 37.7 Å². The molecule has 0 amide bonds. The van der Waals surface area contributed by atoms with Gasteiger partial charge in [0.05, 0.1) is 26.2 Å². The summed E-state index contributed by atoms with van der Waals surface area (Å²) in [5.41, 5.74) is 1.70. The van der Waals surface area contributed by atoms with Crippen LogP contribution in [0.1, 0.15) is 15.9 Å². The molecule has 1 fully saturated rings. The first-order valence-corrected chi connectivity index (χ1v) is 6.11. The van der Waals surface area contributed by atoms with Crippen molar-refractivity contribution in [3.8, 4) is 5.75 Å². The van der Waals surface area contributed by atoms with Crippen molar-refractivity contribution in [1.29, 1.82) is 0 Å². The van der Waals surface area contributed by atoms with Crippen LogP contribution in [0.15, 0.2) is 18.2 Å². The molecule has 1 aliphatic rings. The maximum Gasteiger partial charge on any atom is 0.170 e. The van der Waals surface area contributed by atoms with Crippen LogP contribution in [0.25, 0.3) is 0 Å². The molecular weight excluding hydrogens is 230 g/mol. The van der Waals surface area contributed by atoms with Crippen molar-refractivity contribution in [3.63, 3.8) is 0 Å². The van der Waals surface area contributed by atoms with Gasteiger partial charge in [-0.15, -0.1) is 0 Å². The SMILES string of the molecule is CNC1COCC1C(=O)c1ccc(OC)cc1C. The first-order valence-electron chi connectivity index (χ1n) is 6.11. The summed E-state index contributed by atoms with van der Waals surface area (Å²) in [4.78, 5) is 12.5. The molecule has 0 radical (unpaired) electrons. The topological polar surface area (TPSA) is 47.6 Å². The molecule has 98 valence electrons. The highest BCUT2D eigenvalue weighted by molar-refractivity contribution is 6.00. The number of ketones is 1. The van der Waals surface area contributed by atoms with Crippen molar-refractivity contribution < 1.29 is 14.3 Å². The number of ether oxygens (including phenoxy) is 2. The summed E-state index contributed by atoms with van der Waals surface area (Å²) in [6, 6.07) is 5.66. The second-order valence-corrected chi connectivity index (χ2v) is 4.58. The van der Waals surface area contributed by atoms with Gasteiger partial charge in [-0.2, -0.15) is 0 Å². The number of carbonyl (C=O) groups is 1. The normalized spacial score (nSPS) is 23.1. The molecular formula is C14H19NO3. The van der Waals surface area contributed by atoms with E-state index in [0.29, 0.717) is 13.2 Å². The van der Waals surface area contributed by atoms with Crippen LogP contribution in [-0.4, -0.2) is 39.2 Å². The number of aryl methyl sites for hydroxylation is 1. The molecule has 0 aromatic heterocycles. The number of hydrogen-bond acceptors (Lipinski definition) is 4. The summed E-state index contributed by atoms with van der Waals surface area (Å²) in [5.74, 6) is 0.825. The van der Waals surface area contributed by atoms with Crippen LogP contribution in [0.3, 0.4) is 0 Å². The van der Waals surface area contributed by atoms with Gasteiger partial charge in [0.1, 0.15) is 5.75 Å². The Morgan fingerprint density at radius 3 is 2.83 bits per heavy atom. The van der Waals surface area contributed by atoms with Gasteiger partial charge in [0.15, 0.2) is 5.78 Å². The van der Waals surface area contributed by atoms with Gasteiger partial charge in [0, 0.05) is 11.6 Å². The van der Waals surface area contributed by atoms with Crippen molar-refractivity contribution in [2.45, 2.75) is 13.0 Å². The fourth-order valence-electron chi connectivity index (χ4n) is 2.34. The van der Waals surface area contributed by atoms with E-state index in [4.69, 9.17) is 9.47 Å². The zero-order chi connectivity index (χ0) is 13.1. The smallest absolute Gasteiger partial charge is 0.170 e. The summed E-state index contributed by atoms with van der Waals surface area (Å²) in [7, 11) is 3.48. The lowest BCUT2D eigenvalue weighted by molar-refractivity contribution is 0.0892. The highest BCUT2D eigenvalue weighted by atomic mass is 16.5. The van der Waals surface area contributed by atoms with Crippen molar-refractivity contribution in [3.05, 3.63) is 29.3 Å². The highest BCUT2D eigenvalue weighted by Gasteiger charge is 2.33. The monoisotopic (exact) mass is 249 g/mol. The molecule has 1 heterocycles. The Kier molecular flexibility index (Phi) is 3.99. The van der Waals surface area contributed by atoms with Crippen LogP contribution in [0.4, 0.5) is 0 Å². The van der Waals surface area contributed by atoms with Gasteiger partial charge in [-0.1, -0.05) is 0 Å². The summed E-state index contributed by atoms with van der Waals surface area (Å²) in [6.45, 7) is 3.03. The second-order valence-electron chi connectivity index (χ2n) is 4.58. The number of methoxy groups -OCH3 is 1. The van der Waals surface area contributed by atoms with Crippen LogP contribution in [-0.2, 0) is 4.74 Å². The average Bonchev–Trinajstić information content (AvgIpc) is 2.86. The molecule has 2 atom stereocenters. The first-order chi connectivity index (χ1) is 8.67. The molecule has 18 heavy (non-hydrogen) atoms. The van der Waals surface area contributed by atoms with Gasteiger partial charge in [0.2, 0.25) is 0 Å². The fraction of sp³-hybridized carbons (Fsp3) is 0.500. The minimum Gasteiger partial charge on any atom is -0.497 e. The van der Waals surface area contributed by atoms with Gasteiger partial charge in [0.25, 0.3) is 0 Å². The van der Waals surface area contributed by atoms with Crippen molar-refractivity contribution in [1.82, 2.24) is 5.32 Å². The van der Waals surface area contributed by atoms with E-state index >= 15 is 0 Å². The van der Waals surface area contributed by atoms with Gasteiger partial charge in [-0.25, -0.2) is 0 Å².